The monoisotopic (exact) mass is 433 g/mol. The Bertz CT molecular complexity index is 1100. The van der Waals surface area contributed by atoms with Crippen molar-refractivity contribution in [3.05, 3.63) is 70.3 Å². The Balaban J connectivity index is 1.44. The van der Waals surface area contributed by atoms with Crippen molar-refractivity contribution in [2.24, 2.45) is 5.92 Å². The molecule has 0 N–H and O–H groups in total. The number of rotatable bonds is 4. The standard InChI is InChI=1S/C25H27N3O4/c1-16(2)15-28-24(31)20-9-8-18(14-21(20)25(28)32)22(29)26-10-12-27(13-11-26)23(30)19-7-5-4-6-17(19)3/h4-9,14,16H,10-13,15H2,1-3H3. The maximum atomic E-state index is 13.1. The van der Waals surface area contributed by atoms with Crippen molar-refractivity contribution in [1.29, 1.82) is 0 Å². The maximum absolute atomic E-state index is 13.1. The van der Waals surface area contributed by atoms with Crippen LogP contribution in [0.5, 0.6) is 0 Å². The maximum Gasteiger partial charge on any atom is 0.261 e. The number of hydrogen-bond acceptors (Lipinski definition) is 4. The van der Waals surface area contributed by atoms with Crippen LogP contribution in [-0.4, -0.2) is 71.1 Å². The van der Waals surface area contributed by atoms with Crippen LogP contribution in [0.2, 0.25) is 0 Å². The molecule has 4 amide bonds. The number of piperazine rings is 1. The summed E-state index contributed by atoms with van der Waals surface area (Å²) in [6.07, 6.45) is 0. The summed E-state index contributed by atoms with van der Waals surface area (Å²) in [6, 6.07) is 12.2. The largest absolute Gasteiger partial charge is 0.335 e. The van der Waals surface area contributed by atoms with E-state index in [9.17, 15) is 19.2 Å². The SMILES string of the molecule is Cc1ccccc1C(=O)N1CCN(C(=O)c2ccc3c(c2)C(=O)N(CC(C)C)C3=O)CC1. The van der Waals surface area contributed by atoms with Crippen LogP contribution < -0.4 is 0 Å². The summed E-state index contributed by atoms with van der Waals surface area (Å²) < 4.78 is 0. The number of carbonyl (C=O) groups excluding carboxylic acids is 4. The van der Waals surface area contributed by atoms with E-state index in [1.54, 1.807) is 21.9 Å². The van der Waals surface area contributed by atoms with E-state index in [1.807, 2.05) is 45.0 Å². The van der Waals surface area contributed by atoms with E-state index in [0.29, 0.717) is 49.4 Å². The van der Waals surface area contributed by atoms with Gasteiger partial charge in [0.15, 0.2) is 0 Å². The molecule has 2 heterocycles. The first kappa shape index (κ1) is 21.7. The quantitative estimate of drug-likeness (QED) is 0.695. The molecule has 0 spiro atoms. The summed E-state index contributed by atoms with van der Waals surface area (Å²) in [5.74, 6) is -0.708. The molecule has 0 atom stereocenters. The van der Waals surface area contributed by atoms with Gasteiger partial charge in [0.25, 0.3) is 23.6 Å². The molecule has 4 rings (SSSR count). The van der Waals surface area contributed by atoms with E-state index >= 15 is 0 Å². The highest BCUT2D eigenvalue weighted by atomic mass is 16.2. The van der Waals surface area contributed by atoms with E-state index in [0.717, 1.165) is 5.56 Å². The molecule has 0 saturated carbocycles. The fourth-order valence-electron chi connectivity index (χ4n) is 4.23. The molecule has 166 valence electrons. The number of imide groups is 1. The van der Waals surface area contributed by atoms with Gasteiger partial charge in [-0.05, 0) is 42.7 Å². The Labute approximate surface area is 187 Å². The summed E-state index contributed by atoms with van der Waals surface area (Å²) in [5.41, 5.74) is 2.63. The molecule has 2 aliphatic rings. The van der Waals surface area contributed by atoms with E-state index in [4.69, 9.17) is 0 Å². The molecule has 2 aromatic carbocycles. The van der Waals surface area contributed by atoms with Gasteiger partial charge in [-0.15, -0.1) is 0 Å². The lowest BCUT2D eigenvalue weighted by Gasteiger charge is -2.35. The molecular formula is C25H27N3O4. The van der Waals surface area contributed by atoms with E-state index < -0.39 is 0 Å². The normalized spacial score (nSPS) is 16.1. The highest BCUT2D eigenvalue weighted by molar-refractivity contribution is 6.22. The molecule has 2 aromatic rings. The van der Waals surface area contributed by atoms with Crippen molar-refractivity contribution in [3.8, 4) is 0 Å². The minimum absolute atomic E-state index is 0.0258. The van der Waals surface area contributed by atoms with E-state index in [1.165, 1.54) is 11.0 Å². The lowest BCUT2D eigenvalue weighted by Crippen LogP contribution is -2.50. The minimum Gasteiger partial charge on any atom is -0.335 e. The minimum atomic E-state index is -0.345. The van der Waals surface area contributed by atoms with Gasteiger partial charge in [-0.2, -0.15) is 0 Å². The van der Waals surface area contributed by atoms with Crippen molar-refractivity contribution in [2.45, 2.75) is 20.8 Å². The van der Waals surface area contributed by atoms with Crippen LogP contribution in [0.25, 0.3) is 0 Å². The van der Waals surface area contributed by atoms with Crippen LogP contribution >= 0.6 is 0 Å². The number of aryl methyl sites for hydroxylation is 1. The number of amides is 4. The predicted molar refractivity (Wildman–Crippen MR) is 120 cm³/mol. The first-order chi connectivity index (χ1) is 15.3. The zero-order chi connectivity index (χ0) is 23.0. The van der Waals surface area contributed by atoms with Gasteiger partial charge in [0.1, 0.15) is 0 Å². The van der Waals surface area contributed by atoms with Crippen LogP contribution in [0.1, 0.15) is 60.8 Å². The van der Waals surface area contributed by atoms with E-state index in [-0.39, 0.29) is 35.1 Å². The Morgan fingerprint density at radius 1 is 0.844 bits per heavy atom. The van der Waals surface area contributed by atoms with Crippen molar-refractivity contribution in [2.75, 3.05) is 32.7 Å². The third-order valence-corrected chi connectivity index (χ3v) is 5.99. The van der Waals surface area contributed by atoms with Crippen molar-refractivity contribution in [3.63, 3.8) is 0 Å². The second-order valence-corrected chi connectivity index (χ2v) is 8.77. The molecule has 7 nitrogen and oxygen atoms in total. The number of hydrogen-bond donors (Lipinski definition) is 0. The first-order valence-electron chi connectivity index (χ1n) is 10.9. The van der Waals surface area contributed by atoms with Crippen LogP contribution in [-0.2, 0) is 0 Å². The molecule has 2 aliphatic heterocycles. The lowest BCUT2D eigenvalue weighted by molar-refractivity contribution is 0.0535. The number of carbonyl (C=O) groups is 4. The van der Waals surface area contributed by atoms with Gasteiger partial charge in [-0.1, -0.05) is 32.0 Å². The fraction of sp³-hybridized carbons (Fsp3) is 0.360. The molecule has 0 unspecified atom stereocenters. The Morgan fingerprint density at radius 3 is 2.06 bits per heavy atom. The zero-order valence-electron chi connectivity index (χ0n) is 18.6. The second kappa shape index (κ2) is 8.57. The van der Waals surface area contributed by atoms with Gasteiger partial charge in [-0.3, -0.25) is 24.1 Å². The molecule has 7 heteroatoms. The summed E-state index contributed by atoms with van der Waals surface area (Å²) in [6.45, 7) is 7.89. The van der Waals surface area contributed by atoms with Gasteiger partial charge in [0.05, 0.1) is 11.1 Å². The number of benzene rings is 2. The van der Waals surface area contributed by atoms with Gasteiger partial charge in [0.2, 0.25) is 0 Å². The topological polar surface area (TPSA) is 78.0 Å². The summed E-state index contributed by atoms with van der Waals surface area (Å²) in [4.78, 5) is 55.8. The predicted octanol–water partition coefficient (Wildman–Crippen LogP) is 2.85. The molecule has 32 heavy (non-hydrogen) atoms. The Kier molecular flexibility index (Phi) is 5.82. The van der Waals surface area contributed by atoms with Gasteiger partial charge in [0, 0.05) is 43.9 Å². The molecule has 1 saturated heterocycles. The zero-order valence-corrected chi connectivity index (χ0v) is 18.6. The molecule has 0 aliphatic carbocycles. The van der Waals surface area contributed by atoms with Crippen molar-refractivity contribution in [1.82, 2.24) is 14.7 Å². The molecule has 0 radical (unpaired) electrons. The second-order valence-electron chi connectivity index (χ2n) is 8.77. The summed E-state index contributed by atoms with van der Waals surface area (Å²) >= 11 is 0. The van der Waals surface area contributed by atoms with Gasteiger partial charge in [-0.25, -0.2) is 0 Å². The number of fused-ring (bicyclic) bond motifs is 1. The lowest BCUT2D eigenvalue weighted by atomic mass is 10.0. The fourth-order valence-corrected chi connectivity index (χ4v) is 4.23. The van der Waals surface area contributed by atoms with Crippen LogP contribution in [0.4, 0.5) is 0 Å². The molecular weight excluding hydrogens is 406 g/mol. The summed E-state index contributed by atoms with van der Waals surface area (Å²) in [7, 11) is 0. The molecule has 0 bridgehead atoms. The highest BCUT2D eigenvalue weighted by Crippen LogP contribution is 2.25. The Hall–Kier alpha value is -3.48. The molecule has 0 aromatic heterocycles. The Morgan fingerprint density at radius 2 is 1.44 bits per heavy atom. The third kappa shape index (κ3) is 3.90. The summed E-state index contributed by atoms with van der Waals surface area (Å²) in [5, 5.41) is 0. The average Bonchev–Trinajstić information content (AvgIpc) is 3.02. The molecule has 1 fully saturated rings. The van der Waals surface area contributed by atoms with E-state index in [2.05, 4.69) is 0 Å². The van der Waals surface area contributed by atoms with Crippen LogP contribution in [0.15, 0.2) is 42.5 Å². The van der Waals surface area contributed by atoms with Crippen LogP contribution in [0, 0.1) is 12.8 Å². The van der Waals surface area contributed by atoms with Crippen molar-refractivity contribution >= 4 is 23.6 Å². The van der Waals surface area contributed by atoms with Gasteiger partial charge >= 0.3 is 0 Å². The number of nitrogens with zero attached hydrogens (tertiary/aromatic N) is 3. The highest BCUT2D eigenvalue weighted by Gasteiger charge is 2.36. The van der Waals surface area contributed by atoms with Crippen molar-refractivity contribution < 1.29 is 19.2 Å². The van der Waals surface area contributed by atoms with Gasteiger partial charge < -0.3 is 9.80 Å². The third-order valence-electron chi connectivity index (χ3n) is 5.99. The smallest absolute Gasteiger partial charge is 0.261 e. The van der Waals surface area contributed by atoms with Crippen LogP contribution in [0.3, 0.4) is 0 Å². The average molecular weight is 434 g/mol. The first-order valence-corrected chi connectivity index (χ1v) is 10.9.